The second-order valence-corrected chi connectivity index (χ2v) is 7.43. The molecule has 2 aliphatic rings. The third-order valence-electron chi connectivity index (χ3n) is 5.43. The van der Waals surface area contributed by atoms with E-state index in [1.54, 1.807) is 24.3 Å². The van der Waals surface area contributed by atoms with Crippen molar-refractivity contribution in [1.82, 2.24) is 20.1 Å². The number of hydrogen-bond acceptors (Lipinski definition) is 4. The molecule has 1 fully saturated rings. The zero-order valence-corrected chi connectivity index (χ0v) is 15.3. The van der Waals surface area contributed by atoms with Crippen molar-refractivity contribution in [2.45, 2.75) is 37.8 Å². The van der Waals surface area contributed by atoms with E-state index in [0.717, 1.165) is 35.6 Å². The van der Waals surface area contributed by atoms with Crippen molar-refractivity contribution in [3.63, 3.8) is 0 Å². The van der Waals surface area contributed by atoms with Gasteiger partial charge < -0.3 is 5.32 Å². The molecule has 1 saturated carbocycles. The lowest BCUT2D eigenvalue weighted by atomic mass is 10.1. The number of rotatable bonds is 4. The summed E-state index contributed by atoms with van der Waals surface area (Å²) in [5.41, 5.74) is 5.14. The third-order valence-corrected chi connectivity index (χ3v) is 5.43. The van der Waals surface area contributed by atoms with Crippen LogP contribution in [0.2, 0.25) is 0 Å². The summed E-state index contributed by atoms with van der Waals surface area (Å²) in [4.78, 5) is 17.1. The van der Waals surface area contributed by atoms with Crippen molar-refractivity contribution in [2.75, 3.05) is 0 Å². The zero-order chi connectivity index (χ0) is 19.1. The standard InChI is InChI=1S/C22H19N5O/c23-13-14-2-1-3-17(10-14)22(28)25-18-7-9-27-21(18)12-20(26-27)16-6-8-24-19(11-16)15-4-5-15/h1-3,6,8,10-12,15,18H,4-5,7,9H2,(H,25,28)/t18-/m0/s1. The monoisotopic (exact) mass is 369 g/mol. The fraction of sp³-hybridized carbons (Fsp3) is 0.273. The normalized spacial score (nSPS) is 17.8. The van der Waals surface area contributed by atoms with Crippen LogP contribution in [-0.2, 0) is 6.54 Å². The minimum Gasteiger partial charge on any atom is -0.344 e. The van der Waals surface area contributed by atoms with Gasteiger partial charge in [-0.3, -0.25) is 14.5 Å². The molecule has 0 spiro atoms. The Balaban J connectivity index is 1.37. The SMILES string of the molecule is N#Cc1cccc(C(=O)N[C@H]2CCn3nc(-c4ccnc(C5CC5)c4)cc32)c1. The Morgan fingerprint density at radius 2 is 2.07 bits per heavy atom. The highest BCUT2D eigenvalue weighted by Crippen LogP contribution is 2.40. The Labute approximate surface area is 162 Å². The summed E-state index contributed by atoms with van der Waals surface area (Å²) in [7, 11) is 0. The van der Waals surface area contributed by atoms with Crippen LogP contribution in [0.4, 0.5) is 0 Å². The van der Waals surface area contributed by atoms with Gasteiger partial charge in [0.05, 0.1) is 29.1 Å². The number of nitrogens with one attached hydrogen (secondary N) is 1. The van der Waals surface area contributed by atoms with Gasteiger partial charge in [0.15, 0.2) is 0 Å². The van der Waals surface area contributed by atoms with E-state index in [2.05, 4.69) is 28.5 Å². The molecule has 5 rings (SSSR count). The van der Waals surface area contributed by atoms with Crippen molar-refractivity contribution in [3.8, 4) is 17.3 Å². The van der Waals surface area contributed by atoms with Gasteiger partial charge in [-0.2, -0.15) is 10.4 Å². The quantitative estimate of drug-likeness (QED) is 0.762. The molecule has 6 heteroatoms. The van der Waals surface area contributed by atoms with Gasteiger partial charge in [-0.05, 0) is 55.7 Å². The predicted octanol–water partition coefficient (Wildman–Crippen LogP) is 3.57. The Bertz CT molecular complexity index is 1110. The van der Waals surface area contributed by atoms with Gasteiger partial charge in [0, 0.05) is 35.5 Å². The van der Waals surface area contributed by atoms with Gasteiger partial charge in [0.1, 0.15) is 0 Å². The van der Waals surface area contributed by atoms with Gasteiger partial charge in [-0.25, -0.2) is 0 Å². The molecule has 2 aromatic heterocycles. The number of nitriles is 1. The number of benzene rings is 1. The number of hydrogen-bond donors (Lipinski definition) is 1. The molecule has 0 radical (unpaired) electrons. The van der Waals surface area contributed by atoms with Gasteiger partial charge in [-0.1, -0.05) is 6.07 Å². The maximum Gasteiger partial charge on any atom is 0.251 e. The lowest BCUT2D eigenvalue weighted by molar-refractivity contribution is 0.0936. The Morgan fingerprint density at radius 1 is 1.18 bits per heavy atom. The molecule has 3 heterocycles. The van der Waals surface area contributed by atoms with E-state index in [1.165, 1.54) is 12.8 Å². The number of aryl methyl sites for hydroxylation is 1. The van der Waals surface area contributed by atoms with Crippen LogP contribution in [-0.4, -0.2) is 20.7 Å². The first kappa shape index (κ1) is 16.7. The molecule has 0 unspecified atom stereocenters. The topological polar surface area (TPSA) is 83.6 Å². The highest BCUT2D eigenvalue weighted by molar-refractivity contribution is 5.94. The summed E-state index contributed by atoms with van der Waals surface area (Å²) in [5.74, 6) is 0.434. The van der Waals surface area contributed by atoms with Gasteiger partial charge in [0.2, 0.25) is 0 Å². The highest BCUT2D eigenvalue weighted by Gasteiger charge is 2.28. The lowest BCUT2D eigenvalue weighted by Gasteiger charge is -2.12. The molecule has 28 heavy (non-hydrogen) atoms. The first-order valence-electron chi connectivity index (χ1n) is 9.56. The van der Waals surface area contributed by atoms with E-state index in [0.29, 0.717) is 17.0 Å². The number of amides is 1. The molecular formula is C22H19N5O. The van der Waals surface area contributed by atoms with Crippen LogP contribution in [0.3, 0.4) is 0 Å². The zero-order valence-electron chi connectivity index (χ0n) is 15.3. The third kappa shape index (κ3) is 3.05. The molecule has 1 N–H and O–H groups in total. The summed E-state index contributed by atoms with van der Waals surface area (Å²) in [6.45, 7) is 0.777. The van der Waals surface area contributed by atoms with Gasteiger partial charge >= 0.3 is 0 Å². The summed E-state index contributed by atoms with van der Waals surface area (Å²) in [5, 5.41) is 16.8. The summed E-state index contributed by atoms with van der Waals surface area (Å²) >= 11 is 0. The Hall–Kier alpha value is -3.46. The molecular weight excluding hydrogens is 350 g/mol. The molecule has 3 aromatic rings. The maximum absolute atomic E-state index is 12.6. The van der Waals surface area contributed by atoms with E-state index in [4.69, 9.17) is 10.4 Å². The smallest absolute Gasteiger partial charge is 0.251 e. The maximum atomic E-state index is 12.6. The van der Waals surface area contributed by atoms with Crippen LogP contribution >= 0.6 is 0 Å². The summed E-state index contributed by atoms with van der Waals surface area (Å²) in [6.07, 6.45) is 5.11. The largest absolute Gasteiger partial charge is 0.344 e. The van der Waals surface area contributed by atoms with Crippen molar-refractivity contribution >= 4 is 5.91 Å². The molecule has 1 atom stereocenters. The van der Waals surface area contributed by atoms with E-state index in [-0.39, 0.29) is 11.9 Å². The summed E-state index contributed by atoms with van der Waals surface area (Å²) in [6, 6.07) is 14.9. The van der Waals surface area contributed by atoms with Crippen molar-refractivity contribution in [1.29, 1.82) is 5.26 Å². The van der Waals surface area contributed by atoms with Crippen molar-refractivity contribution in [2.24, 2.45) is 0 Å². The number of pyridine rings is 1. The van der Waals surface area contributed by atoms with Crippen LogP contribution in [0.1, 0.15) is 58.5 Å². The molecule has 0 saturated heterocycles. The molecule has 1 aliphatic heterocycles. The fourth-order valence-electron chi connectivity index (χ4n) is 3.76. The second kappa shape index (κ2) is 6.61. The molecule has 6 nitrogen and oxygen atoms in total. The Kier molecular flexibility index (Phi) is 3.94. The fourth-order valence-corrected chi connectivity index (χ4v) is 3.76. The minimum absolute atomic E-state index is 0.0794. The van der Waals surface area contributed by atoms with Crippen LogP contribution in [0.5, 0.6) is 0 Å². The minimum atomic E-state index is -0.168. The van der Waals surface area contributed by atoms with Crippen molar-refractivity contribution < 1.29 is 4.79 Å². The summed E-state index contributed by atoms with van der Waals surface area (Å²) < 4.78 is 1.98. The van der Waals surface area contributed by atoms with E-state index >= 15 is 0 Å². The van der Waals surface area contributed by atoms with E-state index < -0.39 is 0 Å². The molecule has 0 bridgehead atoms. The van der Waals surface area contributed by atoms with E-state index in [1.807, 2.05) is 16.9 Å². The molecule has 1 aromatic carbocycles. The van der Waals surface area contributed by atoms with Gasteiger partial charge in [-0.15, -0.1) is 0 Å². The Morgan fingerprint density at radius 3 is 2.89 bits per heavy atom. The molecule has 138 valence electrons. The number of fused-ring (bicyclic) bond motifs is 1. The first-order chi connectivity index (χ1) is 13.7. The average molecular weight is 369 g/mol. The number of nitrogens with zero attached hydrogens (tertiary/aromatic N) is 4. The van der Waals surface area contributed by atoms with Crippen LogP contribution in [0.25, 0.3) is 11.3 Å². The molecule has 1 aliphatic carbocycles. The number of carbonyl (C=O) groups is 1. The number of carbonyl (C=O) groups excluding carboxylic acids is 1. The van der Waals surface area contributed by atoms with Crippen molar-refractivity contribution in [3.05, 3.63) is 71.2 Å². The average Bonchev–Trinajstić information content (AvgIpc) is 3.40. The van der Waals surface area contributed by atoms with E-state index in [9.17, 15) is 4.79 Å². The second-order valence-electron chi connectivity index (χ2n) is 7.43. The number of aromatic nitrogens is 3. The van der Waals surface area contributed by atoms with Crippen LogP contribution in [0, 0.1) is 11.3 Å². The molecule has 1 amide bonds. The van der Waals surface area contributed by atoms with Crippen LogP contribution < -0.4 is 5.32 Å². The van der Waals surface area contributed by atoms with Crippen LogP contribution in [0.15, 0.2) is 48.7 Å². The van der Waals surface area contributed by atoms with Gasteiger partial charge in [0.25, 0.3) is 5.91 Å². The lowest BCUT2D eigenvalue weighted by Crippen LogP contribution is -2.27. The highest BCUT2D eigenvalue weighted by atomic mass is 16.1. The first-order valence-corrected chi connectivity index (χ1v) is 9.56. The predicted molar refractivity (Wildman–Crippen MR) is 103 cm³/mol.